The Kier molecular flexibility index (Phi) is 20.2. The molecule has 2 amide bonds. The summed E-state index contributed by atoms with van der Waals surface area (Å²) in [6, 6.07) is 25.1. The minimum absolute atomic E-state index is 0.0306. The number of amides is 2. The lowest BCUT2D eigenvalue weighted by molar-refractivity contribution is -0.244. The van der Waals surface area contributed by atoms with Crippen molar-refractivity contribution in [2.45, 2.75) is 103 Å². The van der Waals surface area contributed by atoms with E-state index >= 15 is 0 Å². The van der Waals surface area contributed by atoms with Gasteiger partial charge >= 0.3 is 5.97 Å². The van der Waals surface area contributed by atoms with Gasteiger partial charge in [0.25, 0.3) is 0 Å². The summed E-state index contributed by atoms with van der Waals surface area (Å²) >= 11 is 0. The van der Waals surface area contributed by atoms with E-state index < -0.39 is 11.9 Å². The molecule has 13 nitrogen and oxygen atoms in total. The van der Waals surface area contributed by atoms with E-state index in [1.165, 1.54) is 13.8 Å². The van der Waals surface area contributed by atoms with Gasteiger partial charge in [0.15, 0.2) is 6.29 Å². The number of aliphatic hydroxyl groups is 1. The Labute approximate surface area is 361 Å². The molecule has 3 aromatic rings. The van der Waals surface area contributed by atoms with Gasteiger partial charge in [-0.25, -0.2) is 0 Å². The number of unbranched alkanes of at least 4 members (excludes halogenated alkanes) is 3. The average molecular weight is 847 g/mol. The van der Waals surface area contributed by atoms with Crippen molar-refractivity contribution >= 4 is 23.6 Å². The predicted molar refractivity (Wildman–Crippen MR) is 231 cm³/mol. The van der Waals surface area contributed by atoms with Gasteiger partial charge in [0.05, 0.1) is 39.6 Å². The number of carbonyl (C=O) groups excluding carboxylic acids is 4. The number of nitrogens with zero attached hydrogens (tertiary/aromatic N) is 1. The molecule has 0 aromatic heterocycles. The van der Waals surface area contributed by atoms with E-state index in [1.807, 2.05) is 92.7 Å². The highest BCUT2D eigenvalue weighted by molar-refractivity contribution is 5.78. The van der Waals surface area contributed by atoms with Crippen molar-refractivity contribution in [3.05, 3.63) is 95.6 Å². The molecule has 4 rings (SSSR count). The molecule has 1 fully saturated rings. The largest absolute Gasteiger partial charge is 0.497 e. The first-order chi connectivity index (χ1) is 29.4. The van der Waals surface area contributed by atoms with Crippen molar-refractivity contribution in [1.29, 1.82) is 0 Å². The van der Waals surface area contributed by atoms with Crippen LogP contribution in [-0.4, -0.2) is 106 Å². The van der Waals surface area contributed by atoms with Crippen molar-refractivity contribution < 1.29 is 52.7 Å². The molecule has 3 aromatic carbocycles. The van der Waals surface area contributed by atoms with E-state index in [9.17, 15) is 24.3 Å². The fourth-order valence-electron chi connectivity index (χ4n) is 7.81. The standard InChI is InChI=1S/C48H66N2O11/c1-34-35(2)46(49-36(3)52)47(61-44(34)33-59-37(4)53)58-31-14-8-11-17-41(54)18-12-13-19-45(55)50(28-30-51)29-32-60-48(38-15-9-7-10-16-38,39-20-24-42(56-5)25-21-39)40-22-26-43(57-6)27-23-40/h7,9-10,15-16,20-27,34-35,44,46-47,51H,8,11-14,17-19,28-33H2,1-6H3,(H,49,52). The molecule has 13 heteroatoms. The van der Waals surface area contributed by atoms with Gasteiger partial charge in [-0.15, -0.1) is 0 Å². The number of Topliss-reactive ketones (excluding diaryl/α,β-unsaturated/α-hetero) is 1. The number of carbonyl (C=O) groups is 4. The molecule has 1 aliphatic heterocycles. The monoisotopic (exact) mass is 846 g/mol. The van der Waals surface area contributed by atoms with Gasteiger partial charge in [0.2, 0.25) is 11.8 Å². The van der Waals surface area contributed by atoms with Crippen LogP contribution in [0.2, 0.25) is 0 Å². The van der Waals surface area contributed by atoms with Crippen LogP contribution in [0.1, 0.15) is 95.8 Å². The number of aliphatic hydroxyl groups excluding tert-OH is 1. The molecule has 0 spiro atoms. The number of nitrogens with one attached hydrogen (secondary N) is 1. The molecular formula is C48H66N2O11. The van der Waals surface area contributed by atoms with Crippen molar-refractivity contribution in [1.82, 2.24) is 10.2 Å². The summed E-state index contributed by atoms with van der Waals surface area (Å²) in [5.41, 5.74) is 1.64. The van der Waals surface area contributed by atoms with Crippen molar-refractivity contribution in [3.8, 4) is 11.5 Å². The third-order valence-electron chi connectivity index (χ3n) is 11.5. The molecule has 1 heterocycles. The van der Waals surface area contributed by atoms with Gasteiger partial charge in [-0.2, -0.15) is 0 Å². The van der Waals surface area contributed by atoms with Crippen LogP contribution in [0.15, 0.2) is 78.9 Å². The van der Waals surface area contributed by atoms with Crippen LogP contribution in [0, 0.1) is 11.8 Å². The van der Waals surface area contributed by atoms with Crippen LogP contribution < -0.4 is 14.8 Å². The second-order valence-corrected chi connectivity index (χ2v) is 15.7. The van der Waals surface area contributed by atoms with Gasteiger partial charge in [0.1, 0.15) is 29.5 Å². The van der Waals surface area contributed by atoms with Crippen molar-refractivity contribution in [2.24, 2.45) is 11.8 Å². The molecule has 5 unspecified atom stereocenters. The molecule has 0 bridgehead atoms. The second kappa shape index (κ2) is 25.2. The lowest BCUT2D eigenvalue weighted by Gasteiger charge is -2.44. The quantitative estimate of drug-likeness (QED) is 0.0509. The van der Waals surface area contributed by atoms with Crippen molar-refractivity contribution in [3.63, 3.8) is 0 Å². The molecular weight excluding hydrogens is 781 g/mol. The number of benzene rings is 3. The maximum atomic E-state index is 13.4. The summed E-state index contributed by atoms with van der Waals surface area (Å²) in [5.74, 6) is 0.989. The smallest absolute Gasteiger partial charge is 0.302 e. The first-order valence-corrected chi connectivity index (χ1v) is 21.5. The zero-order valence-corrected chi connectivity index (χ0v) is 36.8. The molecule has 0 aliphatic carbocycles. The highest BCUT2D eigenvalue weighted by Gasteiger charge is 2.43. The van der Waals surface area contributed by atoms with E-state index in [-0.39, 0.29) is 86.9 Å². The number of ether oxygens (including phenoxy) is 6. The van der Waals surface area contributed by atoms with Crippen LogP contribution >= 0.6 is 0 Å². The van der Waals surface area contributed by atoms with Crippen LogP contribution in [0.4, 0.5) is 0 Å². The molecule has 334 valence electrons. The van der Waals surface area contributed by atoms with E-state index in [0.29, 0.717) is 56.6 Å². The lowest BCUT2D eigenvalue weighted by atomic mass is 9.80. The topological polar surface area (TPSA) is 159 Å². The third-order valence-corrected chi connectivity index (χ3v) is 11.5. The Balaban J connectivity index is 1.24. The van der Waals surface area contributed by atoms with Gasteiger partial charge in [0, 0.05) is 52.8 Å². The Morgan fingerprint density at radius 3 is 1.85 bits per heavy atom. The fraction of sp³-hybridized carbons (Fsp3) is 0.542. The number of ketones is 1. The predicted octanol–water partition coefficient (Wildman–Crippen LogP) is 6.60. The summed E-state index contributed by atoms with van der Waals surface area (Å²) in [4.78, 5) is 51.1. The van der Waals surface area contributed by atoms with Crippen molar-refractivity contribution in [2.75, 3.05) is 53.7 Å². The Bertz CT molecular complexity index is 1740. The molecule has 5 atom stereocenters. The summed E-state index contributed by atoms with van der Waals surface area (Å²) in [6.07, 6.45) is 3.43. The van der Waals surface area contributed by atoms with Gasteiger partial charge in [-0.1, -0.05) is 74.9 Å². The van der Waals surface area contributed by atoms with Gasteiger partial charge in [-0.05, 0) is 78.5 Å². The average Bonchev–Trinajstić information content (AvgIpc) is 3.26. The molecule has 61 heavy (non-hydrogen) atoms. The van der Waals surface area contributed by atoms with E-state index in [0.717, 1.165) is 23.1 Å². The van der Waals surface area contributed by atoms with Crippen LogP contribution in [-0.2, 0) is 43.7 Å². The first-order valence-electron chi connectivity index (χ1n) is 21.5. The number of hydrogen-bond acceptors (Lipinski definition) is 11. The molecule has 0 radical (unpaired) electrons. The number of methoxy groups -OCH3 is 2. The summed E-state index contributed by atoms with van der Waals surface area (Å²) in [6.45, 7) is 7.79. The van der Waals surface area contributed by atoms with E-state index in [2.05, 4.69) is 5.32 Å². The highest BCUT2D eigenvalue weighted by Crippen LogP contribution is 2.41. The van der Waals surface area contributed by atoms with E-state index in [1.54, 1.807) is 19.1 Å². The second-order valence-electron chi connectivity index (χ2n) is 15.7. The normalized spacial score (nSPS) is 18.8. The summed E-state index contributed by atoms with van der Waals surface area (Å²) in [7, 11) is 3.25. The number of esters is 1. The minimum Gasteiger partial charge on any atom is -0.497 e. The Morgan fingerprint density at radius 2 is 1.30 bits per heavy atom. The first kappa shape index (κ1) is 48.8. The van der Waals surface area contributed by atoms with Crippen LogP contribution in [0.5, 0.6) is 11.5 Å². The molecule has 1 aliphatic rings. The third kappa shape index (κ3) is 14.4. The Hall–Kier alpha value is -4.82. The highest BCUT2D eigenvalue weighted by atomic mass is 16.7. The Morgan fingerprint density at radius 1 is 0.721 bits per heavy atom. The summed E-state index contributed by atoms with van der Waals surface area (Å²) in [5, 5.41) is 12.8. The molecule has 0 saturated carbocycles. The maximum absolute atomic E-state index is 13.4. The van der Waals surface area contributed by atoms with Gasteiger partial charge < -0.3 is 43.7 Å². The van der Waals surface area contributed by atoms with Crippen LogP contribution in [0.3, 0.4) is 0 Å². The zero-order chi connectivity index (χ0) is 44.2. The van der Waals surface area contributed by atoms with E-state index in [4.69, 9.17) is 28.4 Å². The lowest BCUT2D eigenvalue weighted by Crippen LogP contribution is -2.58. The zero-order valence-electron chi connectivity index (χ0n) is 36.8. The SMILES string of the molecule is COc1ccc(C(OCCN(CCO)C(=O)CCCCC(=O)CCCCCOC2OC(COC(C)=O)C(C)C(C)C2NC(C)=O)(c2ccccc2)c2ccc(OC)cc2)cc1. The maximum Gasteiger partial charge on any atom is 0.302 e. The minimum atomic E-state index is -1.03. The fourth-order valence-corrected chi connectivity index (χ4v) is 7.81. The number of hydrogen-bond donors (Lipinski definition) is 2. The van der Waals surface area contributed by atoms with Crippen LogP contribution in [0.25, 0.3) is 0 Å². The molecule has 1 saturated heterocycles. The number of rotatable bonds is 26. The van der Waals surface area contributed by atoms with Gasteiger partial charge in [-0.3, -0.25) is 19.2 Å². The molecule has 2 N–H and O–H groups in total. The summed E-state index contributed by atoms with van der Waals surface area (Å²) < 4.78 is 35.3.